The van der Waals surface area contributed by atoms with E-state index in [1.165, 1.54) is 0 Å². The van der Waals surface area contributed by atoms with E-state index < -0.39 is 0 Å². The largest absolute Gasteiger partial charge is 0.300 e. The van der Waals surface area contributed by atoms with Gasteiger partial charge in [-0.15, -0.1) is 11.8 Å². The molecule has 0 aliphatic heterocycles. The van der Waals surface area contributed by atoms with E-state index in [1.54, 1.807) is 23.9 Å². The minimum atomic E-state index is 0.115. The van der Waals surface area contributed by atoms with Crippen LogP contribution in [0.15, 0.2) is 29.2 Å². The smallest absolute Gasteiger partial charge is 0.192 e. The first kappa shape index (κ1) is 9.42. The molecule has 0 unspecified atom stereocenters. The number of nitrogens with zero attached hydrogens (tertiary/aromatic N) is 1. The minimum absolute atomic E-state index is 0.115. The van der Waals surface area contributed by atoms with Gasteiger partial charge in [0.05, 0.1) is 4.90 Å². The molecule has 1 rings (SSSR count). The van der Waals surface area contributed by atoms with Crippen molar-refractivity contribution in [3.05, 3.63) is 24.3 Å². The van der Waals surface area contributed by atoms with Gasteiger partial charge in [-0.25, -0.2) is 0 Å². The normalized spacial score (nSPS) is 10.6. The van der Waals surface area contributed by atoms with Crippen LogP contribution in [0.25, 0.3) is 0 Å². The van der Waals surface area contributed by atoms with Crippen molar-refractivity contribution in [3.63, 3.8) is 0 Å². The van der Waals surface area contributed by atoms with Gasteiger partial charge >= 0.3 is 0 Å². The number of para-hydroxylation sites is 1. The molecule has 0 amide bonds. The highest BCUT2D eigenvalue weighted by Crippen LogP contribution is 2.27. The summed E-state index contributed by atoms with van der Waals surface area (Å²) in [7, 11) is 3.97. The van der Waals surface area contributed by atoms with E-state index in [1.807, 2.05) is 31.1 Å². The van der Waals surface area contributed by atoms with Crippen molar-refractivity contribution in [1.82, 2.24) is 4.90 Å². The molecule has 1 aromatic carbocycles. The van der Waals surface area contributed by atoms with Crippen molar-refractivity contribution in [3.8, 4) is 5.75 Å². The monoisotopic (exact) mass is 182 g/mol. The molecule has 0 bridgehead atoms. The van der Waals surface area contributed by atoms with Crippen LogP contribution in [-0.4, -0.2) is 24.9 Å². The third kappa shape index (κ3) is 2.75. The van der Waals surface area contributed by atoms with Gasteiger partial charge in [0.2, 0.25) is 0 Å². The molecule has 0 aliphatic carbocycles. The lowest BCUT2D eigenvalue weighted by atomic mass is 10.3. The van der Waals surface area contributed by atoms with Gasteiger partial charge in [-0.1, -0.05) is 12.1 Å². The van der Waals surface area contributed by atoms with Crippen molar-refractivity contribution >= 4 is 11.8 Å². The zero-order valence-corrected chi connectivity index (χ0v) is 8.10. The molecule has 3 heteroatoms. The van der Waals surface area contributed by atoms with Crippen LogP contribution in [0.2, 0.25) is 0 Å². The molecule has 0 spiro atoms. The third-order valence-corrected chi connectivity index (χ3v) is 2.62. The molecular weight excluding hydrogens is 170 g/mol. The topological polar surface area (TPSA) is 23.1 Å². The fourth-order valence-electron chi connectivity index (χ4n) is 0.768. The SMILES string of the molecule is CN(C)CSc1ccccc1[O]. The number of hydrogen-bond acceptors (Lipinski definition) is 2. The predicted molar refractivity (Wildman–Crippen MR) is 51.0 cm³/mol. The Labute approximate surface area is 77.2 Å². The number of benzene rings is 1. The lowest BCUT2D eigenvalue weighted by Gasteiger charge is -2.08. The van der Waals surface area contributed by atoms with Crippen molar-refractivity contribution < 1.29 is 5.11 Å². The van der Waals surface area contributed by atoms with Crippen LogP contribution in [0.4, 0.5) is 0 Å². The maximum Gasteiger partial charge on any atom is 0.192 e. The Kier molecular flexibility index (Phi) is 3.44. The summed E-state index contributed by atoms with van der Waals surface area (Å²) in [6.07, 6.45) is 0. The molecule has 0 fully saturated rings. The van der Waals surface area contributed by atoms with Gasteiger partial charge in [0.1, 0.15) is 0 Å². The van der Waals surface area contributed by atoms with Crippen molar-refractivity contribution in [2.24, 2.45) is 0 Å². The summed E-state index contributed by atoms with van der Waals surface area (Å²) in [6.45, 7) is 0. The lowest BCUT2D eigenvalue weighted by Crippen LogP contribution is -2.09. The maximum absolute atomic E-state index is 11.2. The van der Waals surface area contributed by atoms with E-state index in [2.05, 4.69) is 0 Å². The Hall–Kier alpha value is -0.670. The molecule has 2 nitrogen and oxygen atoms in total. The molecule has 12 heavy (non-hydrogen) atoms. The highest BCUT2D eigenvalue weighted by Gasteiger charge is 2.01. The number of hydrogen-bond donors (Lipinski definition) is 0. The quantitative estimate of drug-likeness (QED) is 0.529. The van der Waals surface area contributed by atoms with Gasteiger partial charge in [-0.05, 0) is 26.2 Å². The van der Waals surface area contributed by atoms with Gasteiger partial charge < -0.3 is 0 Å². The second-order valence-electron chi connectivity index (χ2n) is 2.80. The van der Waals surface area contributed by atoms with Crippen molar-refractivity contribution in [2.45, 2.75) is 4.90 Å². The first-order valence-electron chi connectivity index (χ1n) is 3.73. The molecular formula is C9H12NOS. The summed E-state index contributed by atoms with van der Waals surface area (Å²) in [4.78, 5) is 2.86. The Bertz CT molecular complexity index is 250. The summed E-state index contributed by atoms with van der Waals surface area (Å²) in [6, 6.07) is 7.11. The van der Waals surface area contributed by atoms with Crippen molar-refractivity contribution in [2.75, 3.05) is 20.0 Å². The van der Waals surface area contributed by atoms with Crippen LogP contribution in [0.5, 0.6) is 5.75 Å². The summed E-state index contributed by atoms with van der Waals surface area (Å²) in [5.74, 6) is 0.962. The Balaban J connectivity index is 2.57. The van der Waals surface area contributed by atoms with E-state index in [0.29, 0.717) is 0 Å². The van der Waals surface area contributed by atoms with Gasteiger partial charge in [-0.3, -0.25) is 10.0 Å². The summed E-state index contributed by atoms with van der Waals surface area (Å²) < 4.78 is 0. The predicted octanol–water partition coefficient (Wildman–Crippen LogP) is 2.44. The number of rotatable bonds is 3. The van der Waals surface area contributed by atoms with E-state index in [0.717, 1.165) is 10.8 Å². The van der Waals surface area contributed by atoms with E-state index in [4.69, 9.17) is 0 Å². The maximum atomic E-state index is 11.2. The Morgan fingerprint density at radius 3 is 2.58 bits per heavy atom. The standard InChI is InChI=1S/C9H12NOS/c1-10(2)7-12-9-6-4-3-5-8(9)11/h3-6H,7H2,1-2H3. The fraction of sp³-hybridized carbons (Fsp3) is 0.333. The third-order valence-electron chi connectivity index (χ3n) is 1.33. The highest BCUT2D eigenvalue weighted by atomic mass is 32.2. The van der Waals surface area contributed by atoms with Gasteiger partial charge in [0.25, 0.3) is 0 Å². The van der Waals surface area contributed by atoms with Crippen LogP contribution in [0, 0.1) is 0 Å². The van der Waals surface area contributed by atoms with E-state index in [9.17, 15) is 5.11 Å². The van der Waals surface area contributed by atoms with Crippen LogP contribution < -0.4 is 0 Å². The average molecular weight is 182 g/mol. The molecule has 0 aromatic heterocycles. The second-order valence-corrected chi connectivity index (χ2v) is 3.79. The van der Waals surface area contributed by atoms with Gasteiger partial charge in [0, 0.05) is 5.88 Å². The average Bonchev–Trinajstić information content (AvgIpc) is 2.03. The van der Waals surface area contributed by atoms with Gasteiger partial charge in [-0.2, -0.15) is 0 Å². The summed E-state index contributed by atoms with van der Waals surface area (Å²) in [5, 5.41) is 11.2. The molecule has 65 valence electrons. The molecule has 1 aromatic rings. The minimum Gasteiger partial charge on any atom is -0.300 e. The first-order chi connectivity index (χ1) is 5.70. The molecule has 0 aliphatic rings. The molecule has 0 saturated heterocycles. The molecule has 1 radical (unpaired) electrons. The first-order valence-corrected chi connectivity index (χ1v) is 4.72. The lowest BCUT2D eigenvalue weighted by molar-refractivity contribution is 0.344. The molecule has 0 heterocycles. The second kappa shape index (κ2) is 4.38. The van der Waals surface area contributed by atoms with Crippen LogP contribution in [-0.2, 0) is 5.11 Å². The fourth-order valence-corrected chi connectivity index (χ4v) is 1.55. The Morgan fingerprint density at radius 2 is 2.00 bits per heavy atom. The Morgan fingerprint density at radius 1 is 1.33 bits per heavy atom. The van der Waals surface area contributed by atoms with E-state index in [-0.39, 0.29) is 5.75 Å². The van der Waals surface area contributed by atoms with Crippen molar-refractivity contribution in [1.29, 1.82) is 0 Å². The molecule has 0 N–H and O–H groups in total. The zero-order chi connectivity index (χ0) is 8.97. The summed E-state index contributed by atoms with van der Waals surface area (Å²) >= 11 is 1.57. The highest BCUT2D eigenvalue weighted by molar-refractivity contribution is 7.99. The van der Waals surface area contributed by atoms with Crippen LogP contribution in [0.1, 0.15) is 0 Å². The zero-order valence-electron chi connectivity index (χ0n) is 7.28. The van der Waals surface area contributed by atoms with Gasteiger partial charge in [0.15, 0.2) is 5.75 Å². The summed E-state index contributed by atoms with van der Waals surface area (Å²) in [5.41, 5.74) is 0. The molecule has 0 saturated carbocycles. The molecule has 0 atom stereocenters. The van der Waals surface area contributed by atoms with E-state index >= 15 is 0 Å². The van der Waals surface area contributed by atoms with Crippen LogP contribution >= 0.6 is 11.8 Å². The number of thioether (sulfide) groups is 1. The van der Waals surface area contributed by atoms with Crippen LogP contribution in [0.3, 0.4) is 0 Å².